The van der Waals surface area contributed by atoms with Gasteiger partial charge < -0.3 is 9.30 Å². The number of hydrogen-bond donors (Lipinski definition) is 1. The number of ether oxygens (including phenoxy) is 1. The van der Waals surface area contributed by atoms with Crippen molar-refractivity contribution in [2.24, 2.45) is 5.92 Å². The number of thioether (sulfide) groups is 1. The molecule has 0 saturated carbocycles. The second-order valence-electron chi connectivity index (χ2n) is 6.23. The molecule has 3 aromatic rings. The number of para-hydroxylation sites is 2. The SMILES string of the molecule is CCOC(=O)[C@H]1C(=O)Nc2nc3ccccc3n2[C@@H]1c1ccc(SC)cc1. The number of esters is 1. The van der Waals surface area contributed by atoms with Gasteiger partial charge in [0.05, 0.1) is 23.7 Å². The highest BCUT2D eigenvalue weighted by molar-refractivity contribution is 7.98. The summed E-state index contributed by atoms with van der Waals surface area (Å²) in [7, 11) is 0. The normalized spacial score (nSPS) is 18.8. The number of nitrogens with zero attached hydrogens (tertiary/aromatic N) is 2. The predicted octanol–water partition coefficient (Wildman–Crippen LogP) is 3.48. The number of aromatic nitrogens is 2. The molecule has 0 spiro atoms. The van der Waals surface area contributed by atoms with Crippen molar-refractivity contribution in [3.63, 3.8) is 0 Å². The van der Waals surface area contributed by atoms with Crippen LogP contribution in [0.15, 0.2) is 53.4 Å². The molecule has 6 nitrogen and oxygen atoms in total. The van der Waals surface area contributed by atoms with E-state index in [1.165, 1.54) is 0 Å². The van der Waals surface area contributed by atoms with Crippen LogP contribution in [0.4, 0.5) is 5.95 Å². The van der Waals surface area contributed by atoms with Gasteiger partial charge in [0.2, 0.25) is 11.9 Å². The highest BCUT2D eigenvalue weighted by Gasteiger charge is 2.44. The zero-order valence-corrected chi connectivity index (χ0v) is 15.8. The Morgan fingerprint density at radius 2 is 1.96 bits per heavy atom. The molecule has 1 N–H and O–H groups in total. The molecule has 27 heavy (non-hydrogen) atoms. The molecule has 2 heterocycles. The number of nitrogens with one attached hydrogen (secondary N) is 1. The molecular formula is C20H19N3O3S. The van der Waals surface area contributed by atoms with E-state index in [2.05, 4.69) is 10.3 Å². The lowest BCUT2D eigenvalue weighted by Gasteiger charge is -2.32. The summed E-state index contributed by atoms with van der Waals surface area (Å²) in [4.78, 5) is 31.1. The van der Waals surface area contributed by atoms with Crippen LogP contribution >= 0.6 is 11.8 Å². The molecule has 2 aromatic carbocycles. The molecule has 1 aliphatic rings. The summed E-state index contributed by atoms with van der Waals surface area (Å²) in [5.74, 6) is -1.46. The van der Waals surface area contributed by atoms with Crippen molar-refractivity contribution in [3.05, 3.63) is 54.1 Å². The Morgan fingerprint density at radius 1 is 1.22 bits per heavy atom. The van der Waals surface area contributed by atoms with Crippen LogP contribution in [0, 0.1) is 5.92 Å². The first kappa shape index (κ1) is 17.6. The van der Waals surface area contributed by atoms with Gasteiger partial charge in [-0.3, -0.25) is 14.9 Å². The van der Waals surface area contributed by atoms with Gasteiger partial charge in [0.25, 0.3) is 0 Å². The Morgan fingerprint density at radius 3 is 2.67 bits per heavy atom. The molecule has 1 aromatic heterocycles. The van der Waals surface area contributed by atoms with E-state index in [1.54, 1.807) is 18.7 Å². The summed E-state index contributed by atoms with van der Waals surface area (Å²) < 4.78 is 7.14. The van der Waals surface area contributed by atoms with E-state index in [-0.39, 0.29) is 6.61 Å². The standard InChI is InChI=1S/C20H19N3O3S/c1-3-26-19(25)16-17(12-8-10-13(27-2)11-9-12)23-15-7-5-4-6-14(15)21-20(23)22-18(16)24/h4-11,16-17H,3H2,1-2H3,(H,21,22,24)/t16-,17-/m1/s1. The van der Waals surface area contributed by atoms with Gasteiger partial charge in [-0.1, -0.05) is 24.3 Å². The quantitative estimate of drug-likeness (QED) is 0.426. The summed E-state index contributed by atoms with van der Waals surface area (Å²) >= 11 is 1.64. The molecule has 4 rings (SSSR count). The molecule has 0 aliphatic carbocycles. The second kappa shape index (κ2) is 7.08. The minimum absolute atomic E-state index is 0.221. The van der Waals surface area contributed by atoms with Crippen LogP contribution in [0.5, 0.6) is 0 Å². The van der Waals surface area contributed by atoms with Crippen LogP contribution in [0.25, 0.3) is 11.0 Å². The van der Waals surface area contributed by atoms with Crippen molar-refractivity contribution in [1.29, 1.82) is 0 Å². The van der Waals surface area contributed by atoms with Crippen LogP contribution in [0.3, 0.4) is 0 Å². The topological polar surface area (TPSA) is 73.2 Å². The van der Waals surface area contributed by atoms with E-state index < -0.39 is 23.8 Å². The van der Waals surface area contributed by atoms with Crippen LogP contribution in [-0.4, -0.2) is 34.3 Å². The fourth-order valence-electron chi connectivity index (χ4n) is 3.51. The lowest BCUT2D eigenvalue weighted by atomic mass is 9.90. The van der Waals surface area contributed by atoms with E-state index in [0.29, 0.717) is 5.95 Å². The Labute approximate surface area is 160 Å². The zero-order chi connectivity index (χ0) is 19.0. The number of carbonyl (C=O) groups is 2. The summed E-state index contributed by atoms with van der Waals surface area (Å²) in [6.45, 7) is 1.96. The number of anilines is 1. The molecule has 2 atom stereocenters. The van der Waals surface area contributed by atoms with Crippen LogP contribution in [0.2, 0.25) is 0 Å². The van der Waals surface area contributed by atoms with Gasteiger partial charge in [0.15, 0.2) is 5.92 Å². The van der Waals surface area contributed by atoms with Gasteiger partial charge in [-0.2, -0.15) is 0 Å². The van der Waals surface area contributed by atoms with Gasteiger partial charge in [-0.05, 0) is 43.0 Å². The van der Waals surface area contributed by atoms with E-state index in [1.807, 2.05) is 59.4 Å². The summed E-state index contributed by atoms with van der Waals surface area (Å²) in [6.07, 6.45) is 2.01. The minimum atomic E-state index is -0.977. The predicted molar refractivity (Wildman–Crippen MR) is 105 cm³/mol. The first-order valence-corrected chi connectivity index (χ1v) is 9.95. The van der Waals surface area contributed by atoms with Crippen molar-refractivity contribution < 1.29 is 14.3 Å². The summed E-state index contributed by atoms with van der Waals surface area (Å²) in [5.41, 5.74) is 2.49. The number of imidazole rings is 1. The molecule has 0 radical (unpaired) electrons. The van der Waals surface area contributed by atoms with Crippen LogP contribution in [-0.2, 0) is 14.3 Å². The molecule has 0 fully saturated rings. The lowest BCUT2D eigenvalue weighted by molar-refractivity contribution is -0.152. The molecule has 0 saturated heterocycles. The highest BCUT2D eigenvalue weighted by Crippen LogP contribution is 2.38. The van der Waals surface area contributed by atoms with Crippen molar-refractivity contribution in [2.45, 2.75) is 17.9 Å². The van der Waals surface area contributed by atoms with E-state index >= 15 is 0 Å². The summed E-state index contributed by atoms with van der Waals surface area (Å²) in [6, 6.07) is 15.0. The van der Waals surface area contributed by atoms with E-state index in [0.717, 1.165) is 21.5 Å². The molecule has 7 heteroatoms. The van der Waals surface area contributed by atoms with Crippen molar-refractivity contribution in [2.75, 3.05) is 18.2 Å². The third-order valence-corrected chi connectivity index (χ3v) is 5.45. The molecule has 1 amide bonds. The largest absolute Gasteiger partial charge is 0.465 e. The van der Waals surface area contributed by atoms with Gasteiger partial charge in [0, 0.05) is 4.90 Å². The average Bonchev–Trinajstić information content (AvgIpc) is 3.05. The second-order valence-corrected chi connectivity index (χ2v) is 7.11. The van der Waals surface area contributed by atoms with E-state index in [4.69, 9.17) is 4.74 Å². The van der Waals surface area contributed by atoms with E-state index in [9.17, 15) is 9.59 Å². The number of fused-ring (bicyclic) bond motifs is 3. The third kappa shape index (κ3) is 2.98. The molecule has 1 aliphatic heterocycles. The Hall–Kier alpha value is -2.80. The average molecular weight is 381 g/mol. The maximum atomic E-state index is 12.8. The first-order valence-electron chi connectivity index (χ1n) is 8.72. The fourth-order valence-corrected chi connectivity index (χ4v) is 3.91. The number of rotatable bonds is 4. The molecular weight excluding hydrogens is 362 g/mol. The molecule has 0 unspecified atom stereocenters. The first-order chi connectivity index (χ1) is 13.1. The van der Waals surface area contributed by atoms with Crippen molar-refractivity contribution in [1.82, 2.24) is 9.55 Å². The summed E-state index contributed by atoms with van der Waals surface area (Å²) in [5, 5.41) is 2.77. The number of amides is 1. The zero-order valence-electron chi connectivity index (χ0n) is 15.0. The monoisotopic (exact) mass is 381 g/mol. The van der Waals surface area contributed by atoms with Gasteiger partial charge in [-0.25, -0.2) is 4.98 Å². The number of carbonyl (C=O) groups excluding carboxylic acids is 2. The number of benzene rings is 2. The van der Waals surface area contributed by atoms with Gasteiger partial charge in [-0.15, -0.1) is 11.8 Å². The third-order valence-electron chi connectivity index (χ3n) is 4.71. The molecule has 138 valence electrons. The van der Waals surface area contributed by atoms with Gasteiger partial charge >= 0.3 is 5.97 Å². The van der Waals surface area contributed by atoms with Crippen LogP contribution in [0.1, 0.15) is 18.5 Å². The highest BCUT2D eigenvalue weighted by atomic mass is 32.2. The van der Waals surface area contributed by atoms with Crippen molar-refractivity contribution in [3.8, 4) is 0 Å². The fraction of sp³-hybridized carbons (Fsp3) is 0.250. The Balaban J connectivity index is 1.92. The minimum Gasteiger partial charge on any atom is -0.465 e. The van der Waals surface area contributed by atoms with Crippen LogP contribution < -0.4 is 5.32 Å². The lowest BCUT2D eigenvalue weighted by Crippen LogP contribution is -2.43. The Bertz CT molecular complexity index is 1010. The smallest absolute Gasteiger partial charge is 0.321 e. The maximum absolute atomic E-state index is 12.8. The Kier molecular flexibility index (Phi) is 4.61. The molecule has 0 bridgehead atoms. The van der Waals surface area contributed by atoms with Crippen molar-refractivity contribution >= 4 is 40.6 Å². The van der Waals surface area contributed by atoms with Gasteiger partial charge in [0.1, 0.15) is 0 Å². The maximum Gasteiger partial charge on any atom is 0.321 e. The number of hydrogen-bond acceptors (Lipinski definition) is 5.